The summed E-state index contributed by atoms with van der Waals surface area (Å²) in [6.07, 6.45) is 1.64. The molecule has 0 radical (unpaired) electrons. The zero-order valence-electron chi connectivity index (χ0n) is 10.4. The van der Waals surface area contributed by atoms with E-state index in [2.05, 4.69) is 24.8 Å². The third-order valence-corrected chi connectivity index (χ3v) is 3.74. The Morgan fingerprint density at radius 2 is 2.18 bits per heavy atom. The molecule has 0 N–H and O–H groups in total. The van der Waals surface area contributed by atoms with E-state index in [1.165, 1.54) is 5.56 Å². The lowest BCUT2D eigenvalue weighted by Gasteiger charge is -2.41. The van der Waals surface area contributed by atoms with Crippen molar-refractivity contribution < 1.29 is 4.79 Å². The molecule has 3 heteroatoms. The molecule has 1 heterocycles. The van der Waals surface area contributed by atoms with E-state index in [4.69, 9.17) is 11.6 Å². The van der Waals surface area contributed by atoms with Crippen LogP contribution >= 0.6 is 11.6 Å². The normalized spacial score (nSPS) is 20.5. The van der Waals surface area contributed by atoms with Gasteiger partial charge in [0, 0.05) is 23.5 Å². The van der Waals surface area contributed by atoms with Gasteiger partial charge in [0.1, 0.15) is 5.78 Å². The van der Waals surface area contributed by atoms with Gasteiger partial charge in [-0.3, -0.25) is 9.69 Å². The fraction of sp³-hybridized carbons (Fsp3) is 0.500. The summed E-state index contributed by atoms with van der Waals surface area (Å²) in [5, 5.41) is 0.753. The van der Waals surface area contributed by atoms with Crippen molar-refractivity contribution in [3.63, 3.8) is 0 Å². The quantitative estimate of drug-likeness (QED) is 0.804. The molecule has 1 aliphatic heterocycles. The number of Topliss-reactive ketones (excluding diaryl/α,β-unsaturated/α-hetero) is 1. The highest BCUT2D eigenvalue weighted by Crippen LogP contribution is 2.27. The lowest BCUT2D eigenvalue weighted by atomic mass is 9.89. The Bertz CT molecular complexity index is 428. The fourth-order valence-electron chi connectivity index (χ4n) is 2.24. The summed E-state index contributed by atoms with van der Waals surface area (Å²) in [4.78, 5) is 13.8. The van der Waals surface area contributed by atoms with Crippen molar-refractivity contribution >= 4 is 17.4 Å². The molecular weight excluding hydrogens is 234 g/mol. The van der Waals surface area contributed by atoms with Gasteiger partial charge in [-0.05, 0) is 38.0 Å². The molecule has 0 aliphatic carbocycles. The van der Waals surface area contributed by atoms with Crippen molar-refractivity contribution in [1.82, 2.24) is 4.90 Å². The highest BCUT2D eigenvalue weighted by molar-refractivity contribution is 6.30. The highest BCUT2D eigenvalue weighted by atomic mass is 35.5. The van der Waals surface area contributed by atoms with Gasteiger partial charge >= 0.3 is 0 Å². The standard InChI is InChI=1S/C14H18ClNO/c1-14(2)7-6-13(17)10-16(14)9-11-4-3-5-12(15)8-11/h3-5,8H,6-7,9-10H2,1-2H3. The maximum absolute atomic E-state index is 11.6. The molecule has 92 valence electrons. The molecule has 0 bridgehead atoms. The van der Waals surface area contributed by atoms with Gasteiger partial charge in [-0.1, -0.05) is 23.7 Å². The summed E-state index contributed by atoms with van der Waals surface area (Å²) in [5.74, 6) is 0.339. The zero-order chi connectivity index (χ0) is 12.5. The lowest BCUT2D eigenvalue weighted by Crippen LogP contribution is -2.50. The second kappa shape index (κ2) is 4.79. The summed E-state index contributed by atoms with van der Waals surface area (Å²) in [5.41, 5.74) is 1.26. The average molecular weight is 252 g/mol. The third-order valence-electron chi connectivity index (χ3n) is 3.50. The second-order valence-corrected chi connectivity index (χ2v) is 5.77. The Morgan fingerprint density at radius 3 is 2.88 bits per heavy atom. The van der Waals surface area contributed by atoms with E-state index in [0.29, 0.717) is 18.7 Å². The molecule has 1 aromatic carbocycles. The van der Waals surface area contributed by atoms with Crippen LogP contribution in [0.5, 0.6) is 0 Å². The van der Waals surface area contributed by atoms with Gasteiger partial charge in [-0.25, -0.2) is 0 Å². The number of hydrogen-bond donors (Lipinski definition) is 0. The predicted molar refractivity (Wildman–Crippen MR) is 70.2 cm³/mol. The van der Waals surface area contributed by atoms with Crippen LogP contribution in [0.1, 0.15) is 32.3 Å². The van der Waals surface area contributed by atoms with Crippen molar-refractivity contribution in [2.45, 2.75) is 38.8 Å². The van der Waals surface area contributed by atoms with Crippen molar-refractivity contribution in [3.05, 3.63) is 34.9 Å². The molecule has 0 unspecified atom stereocenters. The number of carbonyl (C=O) groups excluding carboxylic acids is 1. The SMILES string of the molecule is CC1(C)CCC(=O)CN1Cc1cccc(Cl)c1. The van der Waals surface area contributed by atoms with E-state index < -0.39 is 0 Å². The number of benzene rings is 1. The highest BCUT2D eigenvalue weighted by Gasteiger charge is 2.32. The minimum absolute atomic E-state index is 0.0935. The first-order chi connectivity index (χ1) is 7.97. The fourth-order valence-corrected chi connectivity index (χ4v) is 2.45. The number of hydrogen-bond acceptors (Lipinski definition) is 2. The largest absolute Gasteiger partial charge is 0.298 e. The first kappa shape index (κ1) is 12.6. The van der Waals surface area contributed by atoms with Crippen LogP contribution in [0.3, 0.4) is 0 Å². The Kier molecular flexibility index (Phi) is 3.55. The number of piperidine rings is 1. The van der Waals surface area contributed by atoms with Crippen LogP contribution in [0.15, 0.2) is 24.3 Å². The van der Waals surface area contributed by atoms with E-state index >= 15 is 0 Å². The molecule has 2 nitrogen and oxygen atoms in total. The van der Waals surface area contributed by atoms with Crippen LogP contribution < -0.4 is 0 Å². The van der Waals surface area contributed by atoms with E-state index in [1.807, 2.05) is 18.2 Å². The van der Waals surface area contributed by atoms with Gasteiger partial charge in [-0.2, -0.15) is 0 Å². The molecule has 0 spiro atoms. The first-order valence-corrected chi connectivity index (χ1v) is 6.36. The van der Waals surface area contributed by atoms with Crippen molar-refractivity contribution in [3.8, 4) is 0 Å². The number of carbonyl (C=O) groups is 1. The van der Waals surface area contributed by atoms with Gasteiger partial charge in [-0.15, -0.1) is 0 Å². The molecule has 1 saturated heterocycles. The van der Waals surface area contributed by atoms with Crippen LogP contribution in [0, 0.1) is 0 Å². The van der Waals surface area contributed by atoms with Crippen LogP contribution in [0.4, 0.5) is 0 Å². The zero-order valence-corrected chi connectivity index (χ0v) is 11.1. The topological polar surface area (TPSA) is 20.3 Å². The van der Waals surface area contributed by atoms with E-state index in [0.717, 1.165) is 18.0 Å². The van der Waals surface area contributed by atoms with E-state index in [-0.39, 0.29) is 5.54 Å². The molecule has 0 saturated carbocycles. The molecule has 0 atom stereocenters. The molecule has 0 aromatic heterocycles. The number of ketones is 1. The Labute approximate surface area is 108 Å². The number of nitrogens with zero attached hydrogens (tertiary/aromatic N) is 1. The monoisotopic (exact) mass is 251 g/mol. The second-order valence-electron chi connectivity index (χ2n) is 5.34. The van der Waals surface area contributed by atoms with Crippen molar-refractivity contribution in [2.75, 3.05) is 6.54 Å². The van der Waals surface area contributed by atoms with Crippen LogP contribution in [-0.2, 0) is 11.3 Å². The molecular formula is C14H18ClNO. The van der Waals surface area contributed by atoms with Crippen LogP contribution in [0.2, 0.25) is 5.02 Å². The summed E-state index contributed by atoms with van der Waals surface area (Å²) in [7, 11) is 0. The molecule has 1 fully saturated rings. The minimum Gasteiger partial charge on any atom is -0.298 e. The maximum Gasteiger partial charge on any atom is 0.146 e. The molecule has 17 heavy (non-hydrogen) atoms. The van der Waals surface area contributed by atoms with E-state index in [1.54, 1.807) is 0 Å². The molecule has 0 amide bonds. The van der Waals surface area contributed by atoms with Crippen LogP contribution in [0.25, 0.3) is 0 Å². The number of rotatable bonds is 2. The van der Waals surface area contributed by atoms with E-state index in [9.17, 15) is 4.79 Å². The average Bonchev–Trinajstić information content (AvgIpc) is 2.24. The molecule has 1 aromatic rings. The Morgan fingerprint density at radius 1 is 1.41 bits per heavy atom. The predicted octanol–water partition coefficient (Wildman–Crippen LogP) is 3.28. The smallest absolute Gasteiger partial charge is 0.146 e. The summed E-state index contributed by atoms with van der Waals surface area (Å²) in [6.45, 7) is 5.74. The van der Waals surface area contributed by atoms with Gasteiger partial charge < -0.3 is 0 Å². The summed E-state index contributed by atoms with van der Waals surface area (Å²) < 4.78 is 0. The van der Waals surface area contributed by atoms with Gasteiger partial charge in [0.25, 0.3) is 0 Å². The lowest BCUT2D eigenvalue weighted by molar-refractivity contribution is -0.126. The Balaban J connectivity index is 2.13. The molecule has 2 rings (SSSR count). The third kappa shape index (κ3) is 3.08. The van der Waals surface area contributed by atoms with Gasteiger partial charge in [0.05, 0.1) is 6.54 Å². The van der Waals surface area contributed by atoms with Crippen molar-refractivity contribution in [2.24, 2.45) is 0 Å². The minimum atomic E-state index is 0.0935. The maximum atomic E-state index is 11.6. The summed E-state index contributed by atoms with van der Waals surface area (Å²) >= 11 is 5.98. The number of halogens is 1. The van der Waals surface area contributed by atoms with Crippen molar-refractivity contribution in [1.29, 1.82) is 0 Å². The molecule has 1 aliphatic rings. The number of likely N-dealkylation sites (tertiary alicyclic amines) is 1. The van der Waals surface area contributed by atoms with Crippen LogP contribution in [-0.4, -0.2) is 22.8 Å². The summed E-state index contributed by atoms with van der Waals surface area (Å²) in [6, 6.07) is 7.85. The Hall–Kier alpha value is -0.860. The van der Waals surface area contributed by atoms with Gasteiger partial charge in [0.2, 0.25) is 0 Å². The first-order valence-electron chi connectivity index (χ1n) is 5.98. The van der Waals surface area contributed by atoms with Gasteiger partial charge in [0.15, 0.2) is 0 Å².